The lowest BCUT2D eigenvalue weighted by Gasteiger charge is -2.30. The van der Waals surface area contributed by atoms with Gasteiger partial charge in [0.15, 0.2) is 0 Å². The van der Waals surface area contributed by atoms with Crippen LogP contribution in [0.3, 0.4) is 0 Å². The second-order valence-corrected chi connectivity index (χ2v) is 7.86. The van der Waals surface area contributed by atoms with Crippen molar-refractivity contribution >= 4 is 17.0 Å². The van der Waals surface area contributed by atoms with E-state index in [1.54, 1.807) is 4.68 Å². The topological polar surface area (TPSA) is 110 Å². The summed E-state index contributed by atoms with van der Waals surface area (Å²) in [4.78, 5) is 11.8. The van der Waals surface area contributed by atoms with E-state index in [4.69, 9.17) is 16.0 Å². The van der Waals surface area contributed by atoms with Crippen LogP contribution in [0.15, 0.2) is 48.7 Å². The SMILES string of the molecule is Cn1nnc2cc(-c3cnc(N4CCC(N)CC4)nc3-c3ccc(C#N)cc3)ccc21. The molecular weight excluding hydrogens is 388 g/mol. The van der Waals surface area contributed by atoms with Crippen molar-refractivity contribution in [3.63, 3.8) is 0 Å². The number of nitriles is 1. The molecule has 2 aromatic heterocycles. The minimum Gasteiger partial charge on any atom is -0.341 e. The summed E-state index contributed by atoms with van der Waals surface area (Å²) in [7, 11) is 1.87. The van der Waals surface area contributed by atoms with Gasteiger partial charge in [-0.25, -0.2) is 14.6 Å². The molecule has 154 valence electrons. The van der Waals surface area contributed by atoms with Crippen molar-refractivity contribution in [2.45, 2.75) is 18.9 Å². The highest BCUT2D eigenvalue weighted by Crippen LogP contribution is 2.33. The van der Waals surface area contributed by atoms with Gasteiger partial charge in [0.05, 0.1) is 22.8 Å². The average molecular weight is 410 g/mol. The smallest absolute Gasteiger partial charge is 0.225 e. The molecule has 1 saturated heterocycles. The number of aromatic nitrogens is 5. The summed E-state index contributed by atoms with van der Waals surface area (Å²) in [5.74, 6) is 0.704. The molecule has 0 aliphatic carbocycles. The molecule has 0 amide bonds. The summed E-state index contributed by atoms with van der Waals surface area (Å²) in [5, 5.41) is 17.5. The van der Waals surface area contributed by atoms with Crippen LogP contribution in [0.2, 0.25) is 0 Å². The Labute approximate surface area is 180 Å². The van der Waals surface area contributed by atoms with Gasteiger partial charge in [-0.2, -0.15) is 5.26 Å². The molecule has 4 aromatic rings. The fourth-order valence-electron chi connectivity index (χ4n) is 3.97. The lowest BCUT2D eigenvalue weighted by Crippen LogP contribution is -2.40. The van der Waals surface area contributed by atoms with Gasteiger partial charge in [0.1, 0.15) is 5.52 Å². The molecule has 0 bridgehead atoms. The van der Waals surface area contributed by atoms with E-state index in [1.165, 1.54) is 0 Å². The number of fused-ring (bicyclic) bond motifs is 1. The van der Waals surface area contributed by atoms with Crippen molar-refractivity contribution in [1.82, 2.24) is 25.0 Å². The van der Waals surface area contributed by atoms with E-state index in [-0.39, 0.29) is 6.04 Å². The molecule has 0 unspecified atom stereocenters. The van der Waals surface area contributed by atoms with Crippen molar-refractivity contribution in [2.24, 2.45) is 12.8 Å². The third-order valence-corrected chi connectivity index (χ3v) is 5.81. The molecule has 0 atom stereocenters. The monoisotopic (exact) mass is 410 g/mol. The highest BCUT2D eigenvalue weighted by Gasteiger charge is 2.20. The van der Waals surface area contributed by atoms with Gasteiger partial charge in [0, 0.05) is 43.5 Å². The number of benzene rings is 2. The van der Waals surface area contributed by atoms with Crippen LogP contribution in [-0.2, 0) is 7.05 Å². The number of nitrogens with two attached hydrogens (primary N) is 1. The normalized spacial score (nSPS) is 14.7. The standard InChI is InChI=1S/C23H22N8/c1-30-21-7-6-17(12-20(21)28-29-30)19-14-26-23(31-10-8-18(25)9-11-31)27-22(19)16-4-2-15(13-24)3-5-16/h2-7,12,14,18H,8-11,25H2,1H3. The molecule has 1 aliphatic heterocycles. The van der Waals surface area contributed by atoms with Gasteiger partial charge in [-0.05, 0) is 42.7 Å². The van der Waals surface area contributed by atoms with Gasteiger partial charge < -0.3 is 10.6 Å². The lowest BCUT2D eigenvalue weighted by molar-refractivity contribution is 0.495. The zero-order chi connectivity index (χ0) is 21.4. The zero-order valence-corrected chi connectivity index (χ0v) is 17.2. The van der Waals surface area contributed by atoms with E-state index in [0.717, 1.165) is 59.3 Å². The molecule has 0 spiro atoms. The summed E-state index contributed by atoms with van der Waals surface area (Å²) in [6.07, 6.45) is 3.74. The summed E-state index contributed by atoms with van der Waals surface area (Å²) < 4.78 is 1.75. The molecule has 0 saturated carbocycles. The first-order valence-electron chi connectivity index (χ1n) is 10.3. The number of hydrogen-bond acceptors (Lipinski definition) is 7. The van der Waals surface area contributed by atoms with Crippen LogP contribution >= 0.6 is 0 Å². The van der Waals surface area contributed by atoms with E-state index in [2.05, 4.69) is 26.3 Å². The Morgan fingerprint density at radius 3 is 2.55 bits per heavy atom. The minimum absolute atomic E-state index is 0.243. The Balaban J connectivity index is 1.62. The van der Waals surface area contributed by atoms with Crippen molar-refractivity contribution in [3.05, 3.63) is 54.2 Å². The maximum atomic E-state index is 9.16. The number of rotatable bonds is 3. The van der Waals surface area contributed by atoms with E-state index in [0.29, 0.717) is 11.5 Å². The predicted molar refractivity (Wildman–Crippen MR) is 119 cm³/mol. The first-order valence-corrected chi connectivity index (χ1v) is 10.3. The zero-order valence-electron chi connectivity index (χ0n) is 17.2. The Bertz CT molecular complexity index is 1280. The first kappa shape index (κ1) is 19.2. The number of nitrogens with zero attached hydrogens (tertiary/aromatic N) is 7. The molecular formula is C23H22N8. The maximum absolute atomic E-state index is 9.16. The Kier molecular flexibility index (Phi) is 4.81. The molecule has 0 radical (unpaired) electrons. The molecule has 1 fully saturated rings. The van der Waals surface area contributed by atoms with Gasteiger partial charge in [0.2, 0.25) is 5.95 Å². The molecule has 2 N–H and O–H groups in total. The highest BCUT2D eigenvalue weighted by molar-refractivity contribution is 5.87. The van der Waals surface area contributed by atoms with Gasteiger partial charge in [-0.1, -0.05) is 23.4 Å². The Morgan fingerprint density at radius 2 is 1.81 bits per heavy atom. The maximum Gasteiger partial charge on any atom is 0.225 e. The van der Waals surface area contributed by atoms with Crippen LogP contribution in [0.5, 0.6) is 0 Å². The Hall–Kier alpha value is -3.83. The summed E-state index contributed by atoms with van der Waals surface area (Å²) >= 11 is 0. The summed E-state index contributed by atoms with van der Waals surface area (Å²) in [5.41, 5.74) is 12.1. The van der Waals surface area contributed by atoms with Crippen LogP contribution in [0, 0.1) is 11.3 Å². The van der Waals surface area contributed by atoms with Crippen molar-refractivity contribution in [1.29, 1.82) is 5.26 Å². The molecule has 1 aliphatic rings. The second kappa shape index (κ2) is 7.78. The number of hydrogen-bond donors (Lipinski definition) is 1. The predicted octanol–water partition coefficient (Wildman–Crippen LogP) is 2.89. The van der Waals surface area contributed by atoms with Crippen molar-refractivity contribution in [2.75, 3.05) is 18.0 Å². The number of anilines is 1. The van der Waals surface area contributed by atoms with Gasteiger partial charge in [-0.3, -0.25) is 0 Å². The summed E-state index contributed by atoms with van der Waals surface area (Å²) in [6, 6.07) is 16.0. The van der Waals surface area contributed by atoms with Crippen molar-refractivity contribution < 1.29 is 0 Å². The van der Waals surface area contributed by atoms with Gasteiger partial charge in [0.25, 0.3) is 0 Å². The third kappa shape index (κ3) is 3.60. The van der Waals surface area contributed by atoms with Gasteiger partial charge in [-0.15, -0.1) is 5.10 Å². The lowest BCUT2D eigenvalue weighted by atomic mass is 9.99. The first-order chi connectivity index (χ1) is 15.1. The molecule has 31 heavy (non-hydrogen) atoms. The average Bonchev–Trinajstić information content (AvgIpc) is 3.19. The van der Waals surface area contributed by atoms with E-state index >= 15 is 0 Å². The molecule has 5 rings (SSSR count). The van der Waals surface area contributed by atoms with Crippen LogP contribution in [-0.4, -0.2) is 44.1 Å². The number of piperidine rings is 1. The van der Waals surface area contributed by atoms with E-state index in [9.17, 15) is 0 Å². The second-order valence-electron chi connectivity index (χ2n) is 7.86. The molecule has 8 heteroatoms. The van der Waals surface area contributed by atoms with Gasteiger partial charge >= 0.3 is 0 Å². The Morgan fingerprint density at radius 1 is 1.06 bits per heavy atom. The minimum atomic E-state index is 0.243. The molecule has 8 nitrogen and oxygen atoms in total. The summed E-state index contributed by atoms with van der Waals surface area (Å²) in [6.45, 7) is 1.69. The van der Waals surface area contributed by atoms with Crippen LogP contribution in [0.1, 0.15) is 18.4 Å². The van der Waals surface area contributed by atoms with Crippen LogP contribution in [0.25, 0.3) is 33.4 Å². The van der Waals surface area contributed by atoms with E-state index < -0.39 is 0 Å². The number of aryl methyl sites for hydroxylation is 1. The fraction of sp³-hybridized carbons (Fsp3) is 0.261. The molecule has 2 aromatic carbocycles. The highest BCUT2D eigenvalue weighted by atomic mass is 15.4. The molecule has 3 heterocycles. The fourth-order valence-corrected chi connectivity index (χ4v) is 3.97. The quantitative estimate of drug-likeness (QED) is 0.553. The van der Waals surface area contributed by atoms with Crippen LogP contribution < -0.4 is 10.6 Å². The van der Waals surface area contributed by atoms with E-state index in [1.807, 2.05) is 55.7 Å². The van der Waals surface area contributed by atoms with Crippen LogP contribution in [0.4, 0.5) is 5.95 Å². The van der Waals surface area contributed by atoms with Crippen molar-refractivity contribution in [3.8, 4) is 28.5 Å². The third-order valence-electron chi connectivity index (χ3n) is 5.81. The largest absolute Gasteiger partial charge is 0.341 e.